The second-order valence-electron chi connectivity index (χ2n) is 4.79. The number of hydrogen-bond acceptors (Lipinski definition) is 3. The van der Waals surface area contributed by atoms with Crippen LogP contribution in [0.3, 0.4) is 0 Å². The van der Waals surface area contributed by atoms with Crippen molar-refractivity contribution in [2.75, 3.05) is 16.8 Å². The smallest absolute Gasteiger partial charge is 0.338 e. The molecular formula is C15H22N2O3S. The van der Waals surface area contributed by atoms with Crippen LogP contribution in [0.2, 0.25) is 0 Å². The Balaban J connectivity index is 2.63. The van der Waals surface area contributed by atoms with Gasteiger partial charge in [-0.25, -0.2) is 9.59 Å². The molecule has 0 saturated carbocycles. The summed E-state index contributed by atoms with van der Waals surface area (Å²) in [5.41, 5.74) is 1.06. The Morgan fingerprint density at radius 1 is 1.38 bits per heavy atom. The van der Waals surface area contributed by atoms with Gasteiger partial charge in [-0.1, -0.05) is 19.1 Å². The number of carboxylic acids is 1. The standard InChI is InChI=1S/C15H22N2O3S/c1-4-21-9-8-11(3)16-15(20)17-12-7-5-6-10(2)13(12)14(18)19/h5-7,11H,4,8-9H2,1-3H3,(H,18,19)(H2,16,17,20). The van der Waals surface area contributed by atoms with Crippen LogP contribution >= 0.6 is 11.8 Å². The molecule has 1 rings (SSSR count). The topological polar surface area (TPSA) is 78.4 Å². The van der Waals surface area contributed by atoms with E-state index in [1.165, 1.54) is 0 Å². The summed E-state index contributed by atoms with van der Waals surface area (Å²) in [6.07, 6.45) is 0.880. The number of carboxylic acid groups (broad SMARTS) is 1. The van der Waals surface area contributed by atoms with Crippen molar-refractivity contribution in [3.05, 3.63) is 29.3 Å². The molecule has 0 aliphatic carbocycles. The number of hydrogen-bond donors (Lipinski definition) is 3. The van der Waals surface area contributed by atoms with Gasteiger partial charge in [-0.05, 0) is 43.4 Å². The van der Waals surface area contributed by atoms with Gasteiger partial charge in [0.05, 0.1) is 11.3 Å². The van der Waals surface area contributed by atoms with Gasteiger partial charge in [0.1, 0.15) is 0 Å². The van der Waals surface area contributed by atoms with Crippen LogP contribution in [-0.4, -0.2) is 34.7 Å². The first-order valence-electron chi connectivity index (χ1n) is 6.93. The summed E-state index contributed by atoms with van der Waals surface area (Å²) >= 11 is 1.83. The summed E-state index contributed by atoms with van der Waals surface area (Å²) in [5.74, 6) is 1.00. The molecule has 1 aromatic rings. The lowest BCUT2D eigenvalue weighted by molar-refractivity contribution is 0.0697. The lowest BCUT2D eigenvalue weighted by Crippen LogP contribution is -2.36. The molecular weight excluding hydrogens is 288 g/mol. The maximum Gasteiger partial charge on any atom is 0.338 e. The van der Waals surface area contributed by atoms with Crippen LogP contribution in [-0.2, 0) is 0 Å². The minimum absolute atomic E-state index is 0.0436. The highest BCUT2D eigenvalue weighted by molar-refractivity contribution is 7.99. The van der Waals surface area contributed by atoms with Crippen LogP contribution < -0.4 is 10.6 Å². The van der Waals surface area contributed by atoms with Crippen molar-refractivity contribution in [2.45, 2.75) is 33.2 Å². The third-order valence-corrected chi connectivity index (χ3v) is 3.94. The first kappa shape index (κ1) is 17.4. The van der Waals surface area contributed by atoms with Gasteiger partial charge in [0.15, 0.2) is 0 Å². The summed E-state index contributed by atoms with van der Waals surface area (Å²) in [6.45, 7) is 5.74. The number of amides is 2. The number of carbonyl (C=O) groups is 2. The normalized spacial score (nSPS) is 11.8. The van der Waals surface area contributed by atoms with Crippen LogP contribution in [0.1, 0.15) is 36.2 Å². The van der Waals surface area contributed by atoms with Crippen molar-refractivity contribution in [1.82, 2.24) is 5.32 Å². The van der Waals surface area contributed by atoms with Crippen molar-refractivity contribution in [1.29, 1.82) is 0 Å². The van der Waals surface area contributed by atoms with Crippen molar-refractivity contribution < 1.29 is 14.7 Å². The van der Waals surface area contributed by atoms with Gasteiger partial charge in [0.2, 0.25) is 0 Å². The molecule has 5 nitrogen and oxygen atoms in total. The molecule has 0 radical (unpaired) electrons. The average Bonchev–Trinajstić information content (AvgIpc) is 2.38. The molecule has 0 saturated heterocycles. The van der Waals surface area contributed by atoms with Crippen LogP contribution in [0.15, 0.2) is 18.2 Å². The SMILES string of the molecule is CCSCCC(C)NC(=O)Nc1cccc(C)c1C(=O)O. The number of anilines is 1. The Morgan fingerprint density at radius 3 is 2.71 bits per heavy atom. The molecule has 1 atom stereocenters. The van der Waals surface area contributed by atoms with Crippen molar-refractivity contribution in [2.24, 2.45) is 0 Å². The number of rotatable bonds is 7. The molecule has 0 spiro atoms. The highest BCUT2D eigenvalue weighted by Gasteiger charge is 2.15. The molecule has 3 N–H and O–H groups in total. The molecule has 0 aliphatic heterocycles. The van der Waals surface area contributed by atoms with E-state index in [1.54, 1.807) is 25.1 Å². The lowest BCUT2D eigenvalue weighted by Gasteiger charge is -2.15. The number of carbonyl (C=O) groups excluding carboxylic acids is 1. The summed E-state index contributed by atoms with van der Waals surface area (Å²) in [4.78, 5) is 23.2. The first-order chi connectivity index (χ1) is 9.95. The Hall–Kier alpha value is -1.69. The molecule has 1 aromatic carbocycles. The van der Waals surface area contributed by atoms with Crippen molar-refractivity contribution in [3.8, 4) is 0 Å². The average molecular weight is 310 g/mol. The first-order valence-corrected chi connectivity index (χ1v) is 8.09. The highest BCUT2D eigenvalue weighted by Crippen LogP contribution is 2.19. The predicted octanol–water partition coefficient (Wildman–Crippen LogP) is 3.35. The maximum atomic E-state index is 11.9. The highest BCUT2D eigenvalue weighted by atomic mass is 32.2. The minimum atomic E-state index is -1.05. The van der Waals surface area contributed by atoms with Gasteiger partial charge in [0, 0.05) is 6.04 Å². The van der Waals surface area contributed by atoms with Gasteiger partial charge in [-0.15, -0.1) is 0 Å². The number of urea groups is 1. The van der Waals surface area contributed by atoms with E-state index in [0.29, 0.717) is 11.3 Å². The second-order valence-corrected chi connectivity index (χ2v) is 6.18. The van der Waals surface area contributed by atoms with E-state index in [1.807, 2.05) is 18.7 Å². The van der Waals surface area contributed by atoms with Gasteiger partial charge < -0.3 is 15.7 Å². The Bertz CT molecular complexity index is 506. The number of thioether (sulfide) groups is 1. The lowest BCUT2D eigenvalue weighted by atomic mass is 10.1. The molecule has 0 heterocycles. The molecule has 21 heavy (non-hydrogen) atoms. The largest absolute Gasteiger partial charge is 0.478 e. The zero-order chi connectivity index (χ0) is 15.8. The van der Waals surface area contributed by atoms with Gasteiger partial charge in [0.25, 0.3) is 0 Å². The molecule has 0 aliphatic rings. The summed E-state index contributed by atoms with van der Waals surface area (Å²) in [7, 11) is 0. The van der Waals surface area contributed by atoms with Crippen LogP contribution in [0.5, 0.6) is 0 Å². The number of nitrogens with one attached hydrogen (secondary N) is 2. The molecule has 0 fully saturated rings. The number of aryl methyl sites for hydroxylation is 1. The summed E-state index contributed by atoms with van der Waals surface area (Å²) < 4.78 is 0. The van der Waals surface area contributed by atoms with Gasteiger partial charge in [-0.3, -0.25) is 0 Å². The van der Waals surface area contributed by atoms with E-state index in [0.717, 1.165) is 17.9 Å². The fourth-order valence-corrected chi connectivity index (χ4v) is 2.72. The minimum Gasteiger partial charge on any atom is -0.478 e. The summed E-state index contributed by atoms with van der Waals surface area (Å²) in [6, 6.07) is 4.68. The molecule has 6 heteroatoms. The monoisotopic (exact) mass is 310 g/mol. The van der Waals surface area contributed by atoms with Crippen LogP contribution in [0.4, 0.5) is 10.5 Å². The van der Waals surface area contributed by atoms with E-state index in [9.17, 15) is 14.7 Å². The predicted molar refractivity (Wildman–Crippen MR) is 87.4 cm³/mol. The van der Waals surface area contributed by atoms with Gasteiger partial charge in [-0.2, -0.15) is 11.8 Å². The Kier molecular flexibility index (Phi) is 7.08. The van der Waals surface area contributed by atoms with Gasteiger partial charge >= 0.3 is 12.0 Å². The van der Waals surface area contributed by atoms with E-state index >= 15 is 0 Å². The molecule has 2 amide bonds. The molecule has 1 unspecified atom stereocenters. The Labute approximate surface area is 129 Å². The van der Waals surface area contributed by atoms with Crippen molar-refractivity contribution >= 4 is 29.4 Å². The Morgan fingerprint density at radius 2 is 2.10 bits per heavy atom. The third-order valence-electron chi connectivity index (χ3n) is 3.01. The number of benzene rings is 1. The van der Waals surface area contributed by atoms with Crippen molar-refractivity contribution in [3.63, 3.8) is 0 Å². The zero-order valence-electron chi connectivity index (χ0n) is 12.6. The maximum absolute atomic E-state index is 11.9. The quantitative estimate of drug-likeness (QED) is 0.675. The number of aromatic carboxylic acids is 1. The molecule has 0 bridgehead atoms. The van der Waals surface area contributed by atoms with E-state index in [2.05, 4.69) is 17.6 Å². The van der Waals surface area contributed by atoms with E-state index in [4.69, 9.17) is 0 Å². The second kappa shape index (κ2) is 8.56. The van der Waals surface area contributed by atoms with Crippen LogP contribution in [0, 0.1) is 6.92 Å². The zero-order valence-corrected chi connectivity index (χ0v) is 13.4. The molecule has 0 aromatic heterocycles. The van der Waals surface area contributed by atoms with E-state index in [-0.39, 0.29) is 17.6 Å². The van der Waals surface area contributed by atoms with E-state index < -0.39 is 5.97 Å². The third kappa shape index (κ3) is 5.67. The fraction of sp³-hybridized carbons (Fsp3) is 0.467. The summed E-state index contributed by atoms with van der Waals surface area (Å²) in [5, 5.41) is 14.6. The van der Waals surface area contributed by atoms with Crippen LogP contribution in [0.25, 0.3) is 0 Å². The fourth-order valence-electron chi connectivity index (χ4n) is 1.91. The molecule has 116 valence electrons.